The second kappa shape index (κ2) is 8.49. The largest absolute Gasteiger partial charge is 0.395 e. The van der Waals surface area contributed by atoms with Crippen molar-refractivity contribution in [2.24, 2.45) is 5.92 Å². The van der Waals surface area contributed by atoms with Gasteiger partial charge < -0.3 is 10.4 Å². The third kappa shape index (κ3) is 5.61. The molecule has 0 aromatic heterocycles. The van der Waals surface area contributed by atoms with Crippen LogP contribution < -0.4 is 5.32 Å². The first-order chi connectivity index (χ1) is 10.3. The summed E-state index contributed by atoms with van der Waals surface area (Å²) in [5.41, 5.74) is 1.72. The molecule has 2 N–H and O–H groups in total. The highest BCUT2D eigenvalue weighted by Crippen LogP contribution is 2.26. The van der Waals surface area contributed by atoms with Gasteiger partial charge in [-0.2, -0.15) is 0 Å². The Kier molecular flexibility index (Phi) is 6.30. The molecule has 1 aliphatic rings. The van der Waals surface area contributed by atoms with Crippen LogP contribution in [0.15, 0.2) is 24.3 Å². The lowest BCUT2D eigenvalue weighted by Crippen LogP contribution is -2.18. The van der Waals surface area contributed by atoms with Gasteiger partial charge in [-0.15, -0.1) is 0 Å². The molecule has 1 fully saturated rings. The number of carbonyl (C=O) groups excluding carboxylic acids is 1. The summed E-state index contributed by atoms with van der Waals surface area (Å²) < 4.78 is 0. The van der Waals surface area contributed by atoms with E-state index in [0.29, 0.717) is 18.8 Å². The number of rotatable bonds is 4. The highest BCUT2D eigenvalue weighted by Gasteiger charge is 2.16. The molecule has 112 valence electrons. The maximum atomic E-state index is 12.0. The molecule has 0 spiro atoms. The summed E-state index contributed by atoms with van der Waals surface area (Å²) in [6.07, 6.45) is 7.34. The van der Waals surface area contributed by atoms with Gasteiger partial charge in [-0.3, -0.25) is 4.79 Å². The average Bonchev–Trinajstić information content (AvgIpc) is 2.50. The van der Waals surface area contributed by atoms with Gasteiger partial charge in [-0.25, -0.2) is 0 Å². The molecular formula is C18H23NO2. The van der Waals surface area contributed by atoms with E-state index in [2.05, 4.69) is 17.2 Å². The Bertz CT molecular complexity index is 504. The van der Waals surface area contributed by atoms with Gasteiger partial charge in [-0.1, -0.05) is 31.1 Å². The molecule has 2 rings (SSSR count). The van der Waals surface area contributed by atoms with E-state index in [9.17, 15) is 4.79 Å². The van der Waals surface area contributed by atoms with Crippen LogP contribution in [-0.4, -0.2) is 17.6 Å². The van der Waals surface area contributed by atoms with E-state index in [4.69, 9.17) is 5.11 Å². The SMILES string of the molecule is O=C(CC1CCCCC1)Nc1ccc(C#CCCO)cc1. The molecule has 0 aliphatic heterocycles. The predicted octanol–water partition coefficient (Wildman–Crippen LogP) is 3.33. The van der Waals surface area contributed by atoms with Crippen LogP contribution in [0.5, 0.6) is 0 Å². The van der Waals surface area contributed by atoms with Gasteiger partial charge in [0, 0.05) is 24.1 Å². The van der Waals surface area contributed by atoms with Crippen LogP contribution in [0.2, 0.25) is 0 Å². The monoisotopic (exact) mass is 285 g/mol. The molecule has 1 aromatic rings. The second-order valence-electron chi connectivity index (χ2n) is 5.61. The lowest BCUT2D eigenvalue weighted by atomic mass is 9.87. The molecule has 1 amide bonds. The van der Waals surface area contributed by atoms with Gasteiger partial charge in [-0.05, 0) is 43.0 Å². The van der Waals surface area contributed by atoms with Gasteiger partial charge in [0.1, 0.15) is 0 Å². The fourth-order valence-corrected chi connectivity index (χ4v) is 2.72. The molecule has 3 heteroatoms. The number of amides is 1. The van der Waals surface area contributed by atoms with Crippen LogP contribution in [0, 0.1) is 17.8 Å². The summed E-state index contributed by atoms with van der Waals surface area (Å²) in [6, 6.07) is 7.53. The predicted molar refractivity (Wildman–Crippen MR) is 84.8 cm³/mol. The Hall–Kier alpha value is -1.79. The lowest BCUT2D eigenvalue weighted by molar-refractivity contribution is -0.117. The Labute approximate surface area is 126 Å². The summed E-state index contributed by atoms with van der Waals surface area (Å²) in [5, 5.41) is 11.6. The molecule has 0 atom stereocenters. The second-order valence-corrected chi connectivity index (χ2v) is 5.61. The summed E-state index contributed by atoms with van der Waals surface area (Å²) in [7, 11) is 0. The number of carbonyl (C=O) groups is 1. The molecule has 1 aliphatic carbocycles. The number of aliphatic hydroxyl groups excluding tert-OH is 1. The third-order valence-electron chi connectivity index (χ3n) is 3.84. The Morgan fingerprint density at radius 3 is 2.57 bits per heavy atom. The van der Waals surface area contributed by atoms with E-state index in [-0.39, 0.29) is 12.5 Å². The van der Waals surface area contributed by atoms with Crippen molar-refractivity contribution >= 4 is 11.6 Å². The van der Waals surface area contributed by atoms with Crippen LogP contribution in [0.3, 0.4) is 0 Å². The number of nitrogens with one attached hydrogen (secondary N) is 1. The summed E-state index contributed by atoms with van der Waals surface area (Å²) in [6.45, 7) is 0.0856. The minimum Gasteiger partial charge on any atom is -0.395 e. The van der Waals surface area contributed by atoms with Crippen LogP contribution in [-0.2, 0) is 4.79 Å². The molecule has 0 heterocycles. The first kappa shape index (κ1) is 15.6. The minimum atomic E-state index is 0.0856. The van der Waals surface area contributed by atoms with E-state index >= 15 is 0 Å². The molecular weight excluding hydrogens is 262 g/mol. The fourth-order valence-electron chi connectivity index (χ4n) is 2.72. The smallest absolute Gasteiger partial charge is 0.224 e. The van der Waals surface area contributed by atoms with Crippen molar-refractivity contribution in [3.8, 4) is 11.8 Å². The number of anilines is 1. The molecule has 1 saturated carbocycles. The van der Waals surface area contributed by atoms with Gasteiger partial charge >= 0.3 is 0 Å². The first-order valence-electron chi connectivity index (χ1n) is 7.77. The van der Waals surface area contributed by atoms with Crippen molar-refractivity contribution in [3.63, 3.8) is 0 Å². The number of benzene rings is 1. The highest BCUT2D eigenvalue weighted by atomic mass is 16.2. The minimum absolute atomic E-state index is 0.0856. The zero-order valence-corrected chi connectivity index (χ0v) is 12.4. The maximum absolute atomic E-state index is 12.0. The number of hydrogen-bond acceptors (Lipinski definition) is 2. The normalized spacial score (nSPS) is 15.1. The van der Waals surface area contributed by atoms with Crippen molar-refractivity contribution in [2.75, 3.05) is 11.9 Å². The van der Waals surface area contributed by atoms with E-state index in [1.807, 2.05) is 24.3 Å². The van der Waals surface area contributed by atoms with Crippen molar-refractivity contribution in [1.29, 1.82) is 0 Å². The zero-order valence-electron chi connectivity index (χ0n) is 12.4. The maximum Gasteiger partial charge on any atom is 0.224 e. The first-order valence-corrected chi connectivity index (χ1v) is 7.77. The van der Waals surface area contributed by atoms with Gasteiger partial charge in [0.25, 0.3) is 0 Å². The number of hydrogen-bond donors (Lipinski definition) is 2. The number of aliphatic hydroxyl groups is 1. The third-order valence-corrected chi connectivity index (χ3v) is 3.84. The van der Waals surface area contributed by atoms with Crippen LogP contribution >= 0.6 is 0 Å². The van der Waals surface area contributed by atoms with Crippen molar-refractivity contribution in [3.05, 3.63) is 29.8 Å². The lowest BCUT2D eigenvalue weighted by Gasteiger charge is -2.20. The zero-order chi connectivity index (χ0) is 14.9. The molecule has 0 bridgehead atoms. The standard InChI is InChI=1S/C18H23NO2/c20-13-5-4-6-15-9-11-17(12-10-15)19-18(21)14-16-7-2-1-3-8-16/h9-12,16,20H,1-3,5,7-8,13-14H2,(H,19,21). The topological polar surface area (TPSA) is 49.3 Å². The van der Waals surface area contributed by atoms with E-state index in [0.717, 1.165) is 11.3 Å². The molecule has 0 radical (unpaired) electrons. The fraction of sp³-hybridized carbons (Fsp3) is 0.500. The highest BCUT2D eigenvalue weighted by molar-refractivity contribution is 5.90. The van der Waals surface area contributed by atoms with E-state index in [1.54, 1.807) is 0 Å². The Morgan fingerprint density at radius 2 is 1.90 bits per heavy atom. The van der Waals surface area contributed by atoms with Crippen molar-refractivity contribution in [2.45, 2.75) is 44.9 Å². The summed E-state index contributed by atoms with van der Waals surface area (Å²) >= 11 is 0. The van der Waals surface area contributed by atoms with Gasteiger partial charge in [0.15, 0.2) is 0 Å². The Morgan fingerprint density at radius 1 is 1.19 bits per heavy atom. The van der Waals surface area contributed by atoms with Crippen LogP contribution in [0.4, 0.5) is 5.69 Å². The quantitative estimate of drug-likeness (QED) is 0.834. The Balaban J connectivity index is 1.82. The average molecular weight is 285 g/mol. The van der Waals surface area contributed by atoms with Crippen LogP contribution in [0.1, 0.15) is 50.5 Å². The van der Waals surface area contributed by atoms with Crippen molar-refractivity contribution in [1.82, 2.24) is 0 Å². The summed E-state index contributed by atoms with van der Waals surface area (Å²) in [4.78, 5) is 12.0. The van der Waals surface area contributed by atoms with E-state index < -0.39 is 0 Å². The molecule has 1 aromatic carbocycles. The van der Waals surface area contributed by atoms with Crippen LogP contribution in [0.25, 0.3) is 0 Å². The van der Waals surface area contributed by atoms with Crippen molar-refractivity contribution < 1.29 is 9.90 Å². The van der Waals surface area contributed by atoms with Gasteiger partial charge in [0.05, 0.1) is 6.61 Å². The van der Waals surface area contributed by atoms with Gasteiger partial charge in [0.2, 0.25) is 5.91 Å². The molecule has 3 nitrogen and oxygen atoms in total. The molecule has 0 unspecified atom stereocenters. The molecule has 21 heavy (non-hydrogen) atoms. The summed E-state index contributed by atoms with van der Waals surface area (Å²) in [5.74, 6) is 6.52. The molecule has 0 saturated heterocycles. The van der Waals surface area contributed by atoms with E-state index in [1.165, 1.54) is 32.1 Å².